The lowest BCUT2D eigenvalue weighted by Crippen LogP contribution is -2.69. The van der Waals surface area contributed by atoms with E-state index >= 15 is 0 Å². The molecule has 8 fully saturated rings. The number of aliphatic hydroxyl groups is 13. The summed E-state index contributed by atoms with van der Waals surface area (Å²) < 4.78 is 53.9. The second kappa shape index (κ2) is 22.4. The van der Waals surface area contributed by atoms with Gasteiger partial charge in [-0.1, -0.05) is 60.1 Å². The van der Waals surface area contributed by atoms with Crippen LogP contribution in [0.4, 0.5) is 0 Å². The summed E-state index contributed by atoms with van der Waals surface area (Å²) in [6.45, 7) is 13.4. The molecular weight excluding hydrogens is 1040 g/mol. The van der Waals surface area contributed by atoms with Crippen LogP contribution in [0.2, 0.25) is 0 Å². The van der Waals surface area contributed by atoms with E-state index in [4.69, 9.17) is 42.6 Å². The molecule has 24 heteroatoms. The van der Waals surface area contributed by atoms with Crippen LogP contribution in [0.25, 0.3) is 0 Å². The molecule has 79 heavy (non-hydrogen) atoms. The van der Waals surface area contributed by atoms with Gasteiger partial charge in [-0.2, -0.15) is 0 Å². The summed E-state index contributed by atoms with van der Waals surface area (Å²) in [4.78, 5) is 28.3. The maximum Gasteiger partial charge on any atom is 0.337 e. The first kappa shape index (κ1) is 61.4. The van der Waals surface area contributed by atoms with Gasteiger partial charge in [0, 0.05) is 0 Å². The van der Waals surface area contributed by atoms with Crippen LogP contribution in [0.1, 0.15) is 113 Å². The number of esters is 2. The highest BCUT2D eigenvalue weighted by molar-refractivity contribution is 5.79. The quantitative estimate of drug-likeness (QED) is 0.0579. The lowest BCUT2D eigenvalue weighted by Gasteiger charge is -2.71. The number of fused-ring (bicyclic) bond motifs is 7. The Hall–Kier alpha value is -2.12. The van der Waals surface area contributed by atoms with E-state index in [2.05, 4.69) is 54.5 Å². The van der Waals surface area contributed by atoms with E-state index in [1.165, 1.54) is 5.57 Å². The SMILES string of the molecule is COC(=O)[C@H]1O[C@@H](O[C@H]2CC[C@]3(C)[C@H]4CC=C5[C@@H]6CC(C)(C)CC[C@]6(C(=O)O[C@@H]6O[C@H](CO)[C@@H](O)[C@H](O)[C@H]6O)CC[C@@]5(C)[C@]4(C)CC[C@H]3C2(C)C)[C@H](O[C@@H]2O[C@H](CO)[C@@H](O)[C@H](O)[C@H]2O)[C@@H](O[C@@H]2O[C@H](CO)[C@H](O)[C@H](O)[C@H]2O)[C@@H]1O. The van der Waals surface area contributed by atoms with Crippen LogP contribution < -0.4 is 0 Å². The van der Waals surface area contributed by atoms with E-state index in [1.54, 1.807) is 0 Å². The van der Waals surface area contributed by atoms with Gasteiger partial charge in [-0.3, -0.25) is 4.79 Å². The minimum Gasteiger partial charge on any atom is -0.467 e. The monoisotopic (exact) mass is 1130 g/mol. The molecule has 24 nitrogen and oxygen atoms in total. The third kappa shape index (κ3) is 10.1. The Morgan fingerprint density at radius 1 is 0.557 bits per heavy atom. The Kier molecular flexibility index (Phi) is 17.4. The zero-order valence-corrected chi connectivity index (χ0v) is 46.4. The summed E-state index contributed by atoms with van der Waals surface area (Å²) in [5.41, 5.74) is -1.48. The number of rotatable bonds is 12. The fraction of sp³-hybridized carbons (Fsp3) is 0.927. The Balaban J connectivity index is 1.01. The lowest BCUT2D eigenvalue weighted by molar-refractivity contribution is -0.396. The number of allylic oxidation sites excluding steroid dienone is 2. The molecule has 0 radical (unpaired) electrons. The largest absolute Gasteiger partial charge is 0.467 e. The molecule has 13 N–H and O–H groups in total. The van der Waals surface area contributed by atoms with Gasteiger partial charge in [-0.15, -0.1) is 0 Å². The van der Waals surface area contributed by atoms with Gasteiger partial charge in [0.05, 0.1) is 38.4 Å². The van der Waals surface area contributed by atoms with Gasteiger partial charge in [-0.05, 0) is 109 Å². The van der Waals surface area contributed by atoms with Crippen molar-refractivity contribution in [2.45, 2.75) is 242 Å². The zero-order valence-electron chi connectivity index (χ0n) is 46.4. The molecule has 9 rings (SSSR count). The van der Waals surface area contributed by atoms with Gasteiger partial charge >= 0.3 is 11.9 Å². The van der Waals surface area contributed by atoms with Gasteiger partial charge in [0.15, 0.2) is 25.0 Å². The first-order valence-electron chi connectivity index (χ1n) is 28.2. The maximum absolute atomic E-state index is 14.8. The van der Waals surface area contributed by atoms with E-state index in [9.17, 15) is 76.0 Å². The summed E-state index contributed by atoms with van der Waals surface area (Å²) in [5.74, 6) is -1.69. The Morgan fingerprint density at radius 2 is 1.08 bits per heavy atom. The molecular formula is C55H88O24. The third-order valence-corrected chi connectivity index (χ3v) is 21.6. The summed E-state index contributed by atoms with van der Waals surface area (Å²) in [5, 5.41) is 139. The molecule has 5 aliphatic carbocycles. The molecule has 0 aromatic rings. The van der Waals surface area contributed by atoms with Crippen LogP contribution in [0.15, 0.2) is 11.6 Å². The minimum absolute atomic E-state index is 0.00301. The van der Waals surface area contributed by atoms with Crippen LogP contribution in [0.5, 0.6) is 0 Å². The van der Waals surface area contributed by atoms with Gasteiger partial charge in [-0.25, -0.2) is 4.79 Å². The maximum atomic E-state index is 14.8. The van der Waals surface area contributed by atoms with E-state index in [1.807, 2.05) is 0 Å². The van der Waals surface area contributed by atoms with Crippen molar-refractivity contribution in [1.29, 1.82) is 0 Å². The van der Waals surface area contributed by atoms with E-state index in [0.29, 0.717) is 44.9 Å². The topological polar surface area (TPSA) is 380 Å². The predicted molar refractivity (Wildman–Crippen MR) is 268 cm³/mol. The standard InChI is InChI=1S/C55H88O24/c1-50(2)15-17-55(49(70)79-47-39(67)36(64)33(61)27(22-58)74-47)18-16-53(6)23(24(55)19-50)9-10-29-52(5)13-12-30(51(3,4)28(52)11-14-54(29,53)7)75-48-43(78-46-38(66)35(63)32(60)26(21-57)73-46)41(40(68)42(77-48)44(69)71-8)76-45-37(65)34(62)31(59)25(20-56)72-45/h9,24-43,45-48,56-68H,10-22H2,1-8H3/t24-,25+,26+,27+,28-,29+,30-,31-,32+,33+,34-,35-,36-,37+,38+,39+,40-,41-,42-,43+,45-,46-,47-,48+,52-,53+,54+,55-/m0/s1. The van der Waals surface area contributed by atoms with Crippen molar-refractivity contribution in [2.24, 2.45) is 50.2 Å². The Bertz CT molecular complexity index is 2210. The second-order valence-corrected chi connectivity index (χ2v) is 26.5. The molecule has 4 aliphatic heterocycles. The summed E-state index contributed by atoms with van der Waals surface area (Å²) in [7, 11) is 1.06. The Labute approximate surface area is 459 Å². The number of hydrogen-bond acceptors (Lipinski definition) is 24. The lowest BCUT2D eigenvalue weighted by atomic mass is 9.33. The number of carbonyl (C=O) groups is 2. The van der Waals surface area contributed by atoms with Gasteiger partial charge < -0.3 is 109 Å². The number of hydrogen-bond donors (Lipinski definition) is 13. The highest BCUT2D eigenvalue weighted by Gasteiger charge is 2.70. The molecule has 4 heterocycles. The van der Waals surface area contributed by atoms with Crippen molar-refractivity contribution >= 4 is 11.9 Å². The van der Waals surface area contributed by atoms with Crippen molar-refractivity contribution in [3.05, 3.63) is 11.6 Å². The normalized spacial score (nSPS) is 52.3. The molecule has 452 valence electrons. The molecule has 28 atom stereocenters. The van der Waals surface area contributed by atoms with Crippen molar-refractivity contribution in [1.82, 2.24) is 0 Å². The van der Waals surface area contributed by atoms with Crippen LogP contribution in [0, 0.1) is 50.2 Å². The van der Waals surface area contributed by atoms with Crippen LogP contribution in [0.3, 0.4) is 0 Å². The molecule has 0 bridgehead atoms. The minimum atomic E-state index is -2.03. The fourth-order valence-corrected chi connectivity index (χ4v) is 16.6. The van der Waals surface area contributed by atoms with Crippen molar-refractivity contribution in [2.75, 3.05) is 26.9 Å². The average Bonchev–Trinajstić information content (AvgIpc) is 2.74. The van der Waals surface area contributed by atoms with Crippen LogP contribution in [-0.2, 0) is 52.2 Å². The number of ether oxygens (including phenoxy) is 9. The molecule has 9 aliphatic rings. The third-order valence-electron chi connectivity index (χ3n) is 21.6. The van der Waals surface area contributed by atoms with Crippen molar-refractivity contribution in [3.63, 3.8) is 0 Å². The highest BCUT2D eigenvalue weighted by atomic mass is 16.8. The average molecular weight is 1130 g/mol. The zero-order chi connectivity index (χ0) is 57.9. The first-order valence-corrected chi connectivity index (χ1v) is 28.2. The summed E-state index contributed by atoms with van der Waals surface area (Å²) in [6.07, 6.45) is -27.0. The van der Waals surface area contributed by atoms with Crippen LogP contribution >= 0.6 is 0 Å². The molecule has 0 spiro atoms. The molecule has 0 aromatic heterocycles. The molecule has 0 unspecified atom stereocenters. The van der Waals surface area contributed by atoms with Gasteiger partial charge in [0.1, 0.15) is 91.6 Å². The summed E-state index contributed by atoms with van der Waals surface area (Å²) in [6, 6.07) is 0. The molecule has 0 aromatic carbocycles. The number of methoxy groups -OCH3 is 1. The molecule has 0 amide bonds. The van der Waals surface area contributed by atoms with Crippen LogP contribution in [-0.4, -0.2) is 234 Å². The fourth-order valence-electron chi connectivity index (χ4n) is 16.6. The number of aliphatic hydroxyl groups excluding tert-OH is 13. The van der Waals surface area contributed by atoms with E-state index in [-0.39, 0.29) is 39.4 Å². The first-order chi connectivity index (χ1) is 37.0. The van der Waals surface area contributed by atoms with Crippen molar-refractivity contribution < 1.29 is 119 Å². The highest BCUT2D eigenvalue weighted by Crippen LogP contribution is 2.76. The second-order valence-electron chi connectivity index (χ2n) is 26.5. The van der Waals surface area contributed by atoms with Crippen molar-refractivity contribution in [3.8, 4) is 0 Å². The van der Waals surface area contributed by atoms with Gasteiger partial charge in [0.2, 0.25) is 6.29 Å². The van der Waals surface area contributed by atoms with E-state index in [0.717, 1.165) is 26.4 Å². The van der Waals surface area contributed by atoms with Gasteiger partial charge in [0.25, 0.3) is 0 Å². The predicted octanol–water partition coefficient (Wildman–Crippen LogP) is -1.85. The smallest absolute Gasteiger partial charge is 0.337 e. The number of carbonyl (C=O) groups excluding carboxylic acids is 2. The van der Waals surface area contributed by atoms with E-state index < -0.39 is 172 Å². The summed E-state index contributed by atoms with van der Waals surface area (Å²) >= 11 is 0. The molecule has 4 saturated heterocycles. The Morgan fingerprint density at radius 3 is 1.62 bits per heavy atom. The molecule has 4 saturated carbocycles.